The van der Waals surface area contributed by atoms with E-state index >= 15 is 0 Å². The molecule has 3 heteroatoms. The monoisotopic (exact) mass is 238 g/mol. The zero-order chi connectivity index (χ0) is 11.9. The van der Waals surface area contributed by atoms with Gasteiger partial charge in [-0.1, -0.05) is 38.5 Å². The van der Waals surface area contributed by atoms with Crippen LogP contribution in [0.25, 0.3) is 0 Å². The largest absolute Gasteiger partial charge is 0.352 e. The molecule has 2 fully saturated rings. The molecule has 0 heterocycles. The second-order valence-corrected chi connectivity index (χ2v) is 5.66. The number of carbonyl (C=O) groups is 1. The predicted molar refractivity (Wildman–Crippen MR) is 69.8 cm³/mol. The van der Waals surface area contributed by atoms with Crippen LogP contribution in [0.2, 0.25) is 0 Å². The van der Waals surface area contributed by atoms with Gasteiger partial charge in [0, 0.05) is 6.04 Å². The average molecular weight is 238 g/mol. The van der Waals surface area contributed by atoms with Gasteiger partial charge < -0.3 is 10.6 Å². The highest BCUT2D eigenvalue weighted by molar-refractivity contribution is 5.78. The van der Waals surface area contributed by atoms with Crippen LogP contribution in [0.3, 0.4) is 0 Å². The number of amides is 1. The van der Waals surface area contributed by atoms with E-state index in [1.165, 1.54) is 57.8 Å². The Hall–Kier alpha value is -0.570. The molecule has 1 amide bonds. The summed E-state index contributed by atoms with van der Waals surface area (Å²) in [6.07, 6.45) is 11.8. The van der Waals surface area contributed by atoms with Crippen LogP contribution in [-0.4, -0.2) is 25.0 Å². The number of hydrogen-bond acceptors (Lipinski definition) is 2. The lowest BCUT2D eigenvalue weighted by Crippen LogP contribution is -2.39. The average Bonchev–Trinajstić information content (AvgIpc) is 2.96. The van der Waals surface area contributed by atoms with Crippen molar-refractivity contribution in [3.63, 3.8) is 0 Å². The van der Waals surface area contributed by atoms with Crippen LogP contribution in [-0.2, 0) is 4.79 Å². The summed E-state index contributed by atoms with van der Waals surface area (Å²) < 4.78 is 0. The van der Waals surface area contributed by atoms with Crippen LogP contribution < -0.4 is 10.6 Å². The van der Waals surface area contributed by atoms with Gasteiger partial charge >= 0.3 is 0 Å². The van der Waals surface area contributed by atoms with Crippen molar-refractivity contribution in [3.05, 3.63) is 0 Å². The summed E-state index contributed by atoms with van der Waals surface area (Å²) in [5, 5.41) is 6.38. The molecular weight excluding hydrogens is 212 g/mol. The summed E-state index contributed by atoms with van der Waals surface area (Å²) in [7, 11) is 0. The molecule has 2 aliphatic rings. The van der Waals surface area contributed by atoms with Crippen LogP contribution in [0.5, 0.6) is 0 Å². The van der Waals surface area contributed by atoms with Gasteiger partial charge in [0.15, 0.2) is 0 Å². The van der Waals surface area contributed by atoms with Crippen molar-refractivity contribution in [1.82, 2.24) is 10.6 Å². The first-order chi connectivity index (χ1) is 8.34. The second-order valence-electron chi connectivity index (χ2n) is 5.66. The molecule has 3 nitrogen and oxygen atoms in total. The van der Waals surface area contributed by atoms with Crippen molar-refractivity contribution in [2.24, 2.45) is 5.92 Å². The van der Waals surface area contributed by atoms with Crippen molar-refractivity contribution in [2.45, 2.75) is 63.8 Å². The fraction of sp³-hybridized carbons (Fsp3) is 0.929. The number of nitrogens with one attached hydrogen (secondary N) is 2. The van der Waals surface area contributed by atoms with E-state index in [-0.39, 0.29) is 5.91 Å². The maximum atomic E-state index is 11.6. The van der Waals surface area contributed by atoms with E-state index in [2.05, 4.69) is 10.6 Å². The van der Waals surface area contributed by atoms with Gasteiger partial charge in [0.2, 0.25) is 5.91 Å². The molecule has 2 rings (SSSR count). The quantitative estimate of drug-likeness (QED) is 0.697. The van der Waals surface area contributed by atoms with Gasteiger partial charge in [-0.25, -0.2) is 0 Å². The molecule has 0 radical (unpaired) electrons. The first kappa shape index (κ1) is 12.9. The molecule has 0 bridgehead atoms. The minimum absolute atomic E-state index is 0.184. The lowest BCUT2D eigenvalue weighted by atomic mass is 10.0. The molecule has 0 atom stereocenters. The predicted octanol–water partition coefficient (Wildman–Crippen LogP) is 2.22. The van der Waals surface area contributed by atoms with Crippen LogP contribution in [0.15, 0.2) is 0 Å². The van der Waals surface area contributed by atoms with Crippen molar-refractivity contribution >= 4 is 5.91 Å². The fourth-order valence-electron chi connectivity index (χ4n) is 3.16. The van der Waals surface area contributed by atoms with Gasteiger partial charge in [0.25, 0.3) is 0 Å². The summed E-state index contributed by atoms with van der Waals surface area (Å²) in [6.45, 7) is 1.51. The molecule has 2 N–H and O–H groups in total. The van der Waals surface area contributed by atoms with Gasteiger partial charge in [-0.2, -0.15) is 0 Å². The third-order valence-electron chi connectivity index (χ3n) is 4.21. The molecule has 2 aliphatic carbocycles. The van der Waals surface area contributed by atoms with Crippen molar-refractivity contribution in [3.8, 4) is 0 Å². The molecule has 0 aliphatic heterocycles. The van der Waals surface area contributed by atoms with Crippen LogP contribution in [0.4, 0.5) is 0 Å². The zero-order valence-corrected chi connectivity index (χ0v) is 10.8. The topological polar surface area (TPSA) is 41.1 Å². The molecule has 0 unspecified atom stereocenters. The molecule has 98 valence electrons. The molecule has 0 aromatic heterocycles. The Morgan fingerprint density at radius 1 is 1.00 bits per heavy atom. The Morgan fingerprint density at radius 2 is 1.65 bits per heavy atom. The first-order valence-corrected chi connectivity index (χ1v) is 7.34. The Bertz CT molecular complexity index is 230. The zero-order valence-electron chi connectivity index (χ0n) is 10.8. The first-order valence-electron chi connectivity index (χ1n) is 7.34. The smallest absolute Gasteiger partial charge is 0.234 e. The summed E-state index contributed by atoms with van der Waals surface area (Å²) >= 11 is 0. The summed E-state index contributed by atoms with van der Waals surface area (Å²) in [4.78, 5) is 11.6. The number of hydrogen-bond donors (Lipinski definition) is 2. The van der Waals surface area contributed by atoms with E-state index in [9.17, 15) is 4.79 Å². The maximum Gasteiger partial charge on any atom is 0.234 e. The Morgan fingerprint density at radius 3 is 2.35 bits per heavy atom. The fourth-order valence-corrected chi connectivity index (χ4v) is 3.16. The summed E-state index contributed by atoms with van der Waals surface area (Å²) in [5.41, 5.74) is 0. The number of carbonyl (C=O) groups excluding carboxylic acids is 1. The molecule has 0 aromatic rings. The summed E-state index contributed by atoms with van der Waals surface area (Å²) in [5.74, 6) is 1.10. The third-order valence-corrected chi connectivity index (χ3v) is 4.21. The van der Waals surface area contributed by atoms with Gasteiger partial charge in [0.05, 0.1) is 6.54 Å². The highest BCUT2D eigenvalue weighted by atomic mass is 16.1. The standard InChI is InChI=1S/C14H26N2O/c17-14(16-13-7-3-4-8-13)11-15-10-9-12-5-1-2-6-12/h12-13,15H,1-11H2,(H,16,17). The lowest BCUT2D eigenvalue weighted by Gasteiger charge is -2.13. The minimum Gasteiger partial charge on any atom is -0.352 e. The molecule has 0 saturated heterocycles. The summed E-state index contributed by atoms with van der Waals surface area (Å²) in [6, 6.07) is 0.458. The highest BCUT2D eigenvalue weighted by Gasteiger charge is 2.17. The van der Waals surface area contributed by atoms with Gasteiger partial charge in [-0.05, 0) is 31.7 Å². The van der Waals surface area contributed by atoms with E-state index in [1.807, 2.05) is 0 Å². The van der Waals surface area contributed by atoms with Crippen molar-refractivity contribution < 1.29 is 4.79 Å². The highest BCUT2D eigenvalue weighted by Crippen LogP contribution is 2.26. The van der Waals surface area contributed by atoms with Crippen molar-refractivity contribution in [2.75, 3.05) is 13.1 Å². The minimum atomic E-state index is 0.184. The van der Waals surface area contributed by atoms with E-state index in [0.29, 0.717) is 12.6 Å². The Kier molecular flexibility index (Phi) is 5.30. The Balaban J connectivity index is 1.47. The lowest BCUT2D eigenvalue weighted by molar-refractivity contribution is -0.120. The normalized spacial score (nSPS) is 22.1. The van der Waals surface area contributed by atoms with Gasteiger partial charge in [-0.15, -0.1) is 0 Å². The van der Waals surface area contributed by atoms with Gasteiger partial charge in [0.1, 0.15) is 0 Å². The van der Waals surface area contributed by atoms with Crippen LogP contribution in [0.1, 0.15) is 57.8 Å². The Labute approximate surface area is 105 Å². The molecule has 0 spiro atoms. The maximum absolute atomic E-state index is 11.6. The van der Waals surface area contributed by atoms with E-state index in [4.69, 9.17) is 0 Å². The van der Waals surface area contributed by atoms with E-state index < -0.39 is 0 Å². The SMILES string of the molecule is O=C(CNCCC1CCCC1)NC1CCCC1. The van der Waals surface area contributed by atoms with Crippen LogP contribution in [0, 0.1) is 5.92 Å². The van der Waals surface area contributed by atoms with E-state index in [0.717, 1.165) is 12.5 Å². The van der Waals surface area contributed by atoms with Crippen LogP contribution >= 0.6 is 0 Å². The molecule has 0 aromatic carbocycles. The molecular formula is C14H26N2O. The molecule has 17 heavy (non-hydrogen) atoms. The van der Waals surface area contributed by atoms with Crippen molar-refractivity contribution in [1.29, 1.82) is 0 Å². The second kappa shape index (κ2) is 7.00. The number of rotatable bonds is 6. The van der Waals surface area contributed by atoms with E-state index in [1.54, 1.807) is 0 Å². The third kappa shape index (κ3) is 4.66. The van der Waals surface area contributed by atoms with Gasteiger partial charge in [-0.3, -0.25) is 4.79 Å². The molecule has 2 saturated carbocycles.